The maximum absolute atomic E-state index is 14.8. The molecule has 0 fully saturated rings. The summed E-state index contributed by atoms with van der Waals surface area (Å²) >= 11 is 0. The molecule has 0 saturated carbocycles. The summed E-state index contributed by atoms with van der Waals surface area (Å²) in [6.07, 6.45) is 10.1. The van der Waals surface area contributed by atoms with E-state index in [0.29, 0.717) is 12.3 Å². The molecule has 0 aliphatic heterocycles. The summed E-state index contributed by atoms with van der Waals surface area (Å²) in [4.78, 5) is 13.9. The minimum absolute atomic E-state index is 0.191. The van der Waals surface area contributed by atoms with Gasteiger partial charge in [-0.3, -0.25) is 4.79 Å². The zero-order valence-corrected chi connectivity index (χ0v) is 20.8. The van der Waals surface area contributed by atoms with Gasteiger partial charge in [-0.25, -0.2) is 4.39 Å². The van der Waals surface area contributed by atoms with E-state index >= 15 is 0 Å². The average Bonchev–Trinajstić information content (AvgIpc) is 3.33. The lowest BCUT2D eigenvalue weighted by Crippen LogP contribution is -2.20. The number of aromatic nitrogens is 4. The van der Waals surface area contributed by atoms with Gasteiger partial charge in [-0.05, 0) is 11.6 Å². The molecule has 0 saturated heterocycles. The molecule has 1 atom stereocenters. The second kappa shape index (κ2) is 15.1. The summed E-state index contributed by atoms with van der Waals surface area (Å²) < 4.78 is 30.5. The first-order chi connectivity index (χ1) is 16.5. The molecular formula is C24H38FN5O4. The summed E-state index contributed by atoms with van der Waals surface area (Å²) in [5, 5.41) is 14.1. The van der Waals surface area contributed by atoms with Crippen molar-refractivity contribution in [3.05, 3.63) is 18.0 Å². The number of hydrogen-bond acceptors (Lipinski definition) is 7. The first-order valence-electron chi connectivity index (χ1n) is 12.1. The molecule has 2 rings (SSSR count). The smallest absolute Gasteiger partial charge is 0.267 e. The quantitative estimate of drug-likeness (QED) is 0.309. The molecule has 0 unspecified atom stereocenters. The molecule has 1 N–H and O–H groups in total. The number of anilines is 1. The van der Waals surface area contributed by atoms with Gasteiger partial charge in [-0.1, -0.05) is 64.7 Å². The highest BCUT2D eigenvalue weighted by Crippen LogP contribution is 2.39. The van der Waals surface area contributed by atoms with Crippen molar-refractivity contribution in [2.45, 2.75) is 83.8 Å². The number of tetrazole rings is 1. The van der Waals surface area contributed by atoms with Gasteiger partial charge in [0.25, 0.3) is 5.91 Å². The van der Waals surface area contributed by atoms with Crippen LogP contribution in [0.5, 0.6) is 17.2 Å². The lowest BCUT2D eigenvalue weighted by molar-refractivity contribution is -0.121. The summed E-state index contributed by atoms with van der Waals surface area (Å²) in [6, 6.07) is 3.12. The number of halogens is 1. The van der Waals surface area contributed by atoms with Crippen LogP contribution in [0.15, 0.2) is 12.1 Å². The van der Waals surface area contributed by atoms with E-state index in [1.165, 1.54) is 71.1 Å². The predicted octanol–water partition coefficient (Wildman–Crippen LogP) is 5.27. The summed E-state index contributed by atoms with van der Waals surface area (Å²) in [5.74, 6) is -0.208. The molecule has 9 nitrogen and oxygen atoms in total. The Hall–Kier alpha value is -2.91. The summed E-state index contributed by atoms with van der Waals surface area (Å²) in [5.41, 5.74) is 0.191. The fourth-order valence-corrected chi connectivity index (χ4v) is 3.63. The summed E-state index contributed by atoms with van der Waals surface area (Å²) in [6.45, 7) is 2.77. The van der Waals surface area contributed by atoms with Crippen LogP contribution in [-0.4, -0.2) is 47.4 Å². The molecule has 1 amide bonds. The van der Waals surface area contributed by atoms with Crippen LogP contribution in [0.4, 0.5) is 10.1 Å². The van der Waals surface area contributed by atoms with Crippen molar-refractivity contribution in [2.75, 3.05) is 26.6 Å². The van der Waals surface area contributed by atoms with Gasteiger partial charge in [0.1, 0.15) is 22.9 Å². The topological polar surface area (TPSA) is 100 Å². The highest BCUT2D eigenvalue weighted by Gasteiger charge is 2.27. The molecule has 0 spiro atoms. The van der Waals surface area contributed by atoms with E-state index in [4.69, 9.17) is 14.2 Å². The average molecular weight is 480 g/mol. The van der Waals surface area contributed by atoms with E-state index < -0.39 is 12.1 Å². The van der Waals surface area contributed by atoms with Gasteiger partial charge < -0.3 is 19.5 Å². The van der Waals surface area contributed by atoms with Crippen molar-refractivity contribution in [1.29, 1.82) is 0 Å². The van der Waals surface area contributed by atoms with Gasteiger partial charge in [0.05, 0.1) is 27.9 Å². The number of alkyl halides is 1. The van der Waals surface area contributed by atoms with Gasteiger partial charge in [0, 0.05) is 12.1 Å². The van der Waals surface area contributed by atoms with E-state index in [2.05, 4.69) is 27.7 Å². The van der Waals surface area contributed by atoms with E-state index in [9.17, 15) is 9.18 Å². The number of aryl methyl sites for hydroxylation is 1. The Bertz CT molecular complexity index is 852. The third-order valence-corrected chi connectivity index (χ3v) is 5.60. The Balaban J connectivity index is 1.81. The second-order valence-electron chi connectivity index (χ2n) is 8.18. The zero-order chi connectivity index (χ0) is 24.8. The number of benzene rings is 1. The third kappa shape index (κ3) is 8.46. The lowest BCUT2D eigenvalue weighted by atomic mass is 10.1. The maximum atomic E-state index is 14.8. The minimum Gasteiger partial charge on any atom is -0.496 e. The van der Waals surface area contributed by atoms with Gasteiger partial charge in [-0.2, -0.15) is 4.80 Å². The minimum atomic E-state index is -2.09. The Morgan fingerprint density at radius 3 is 2.03 bits per heavy atom. The Kier molecular flexibility index (Phi) is 12.1. The maximum Gasteiger partial charge on any atom is 0.267 e. The molecule has 2 aromatic rings. The van der Waals surface area contributed by atoms with Gasteiger partial charge >= 0.3 is 0 Å². The Morgan fingerprint density at radius 1 is 0.941 bits per heavy atom. The lowest BCUT2D eigenvalue weighted by Gasteiger charge is -2.16. The summed E-state index contributed by atoms with van der Waals surface area (Å²) in [7, 11) is 4.35. The van der Waals surface area contributed by atoms with Crippen molar-refractivity contribution in [1.82, 2.24) is 20.2 Å². The first kappa shape index (κ1) is 27.3. The number of amides is 1. The van der Waals surface area contributed by atoms with Gasteiger partial charge in [0.15, 0.2) is 0 Å². The van der Waals surface area contributed by atoms with Crippen molar-refractivity contribution < 1.29 is 23.4 Å². The fraction of sp³-hybridized carbons (Fsp3) is 0.667. The van der Waals surface area contributed by atoms with Gasteiger partial charge in [-0.15, -0.1) is 10.2 Å². The van der Waals surface area contributed by atoms with Crippen LogP contribution in [0, 0.1) is 0 Å². The number of nitrogens with one attached hydrogen (secondary N) is 1. The van der Waals surface area contributed by atoms with Crippen molar-refractivity contribution in [3.63, 3.8) is 0 Å². The SMILES string of the molecule is CCCCCCCCCCCCn1nnc([C@H](F)C(=O)Nc2c(OC)cc(OC)cc2OC)n1. The van der Waals surface area contributed by atoms with E-state index in [1.54, 1.807) is 12.1 Å². The van der Waals surface area contributed by atoms with E-state index in [1.807, 2.05) is 0 Å². The molecule has 1 aromatic carbocycles. The van der Waals surface area contributed by atoms with Crippen molar-refractivity contribution in [3.8, 4) is 17.2 Å². The standard InChI is InChI=1S/C24H38FN5O4/c1-5-6-7-8-9-10-11-12-13-14-15-30-28-23(27-29-30)21(25)24(31)26-22-19(33-3)16-18(32-2)17-20(22)34-4/h16-17,21H,5-15H2,1-4H3,(H,26,31)/t21-/m0/s1. The fourth-order valence-electron chi connectivity index (χ4n) is 3.63. The normalized spacial score (nSPS) is 11.8. The van der Waals surface area contributed by atoms with Crippen LogP contribution in [-0.2, 0) is 11.3 Å². The molecule has 0 bridgehead atoms. The van der Waals surface area contributed by atoms with Crippen LogP contribution < -0.4 is 19.5 Å². The molecule has 34 heavy (non-hydrogen) atoms. The monoisotopic (exact) mass is 479 g/mol. The Labute approximate surface area is 201 Å². The van der Waals surface area contributed by atoms with Crippen LogP contribution in [0.1, 0.15) is 83.1 Å². The van der Waals surface area contributed by atoms with Crippen LogP contribution >= 0.6 is 0 Å². The number of methoxy groups -OCH3 is 3. The zero-order valence-electron chi connectivity index (χ0n) is 20.8. The number of unbranched alkanes of at least 4 members (excludes halogenated alkanes) is 9. The first-order valence-corrected chi connectivity index (χ1v) is 12.1. The molecule has 0 aliphatic rings. The number of rotatable bonds is 17. The predicted molar refractivity (Wildman–Crippen MR) is 128 cm³/mol. The molecule has 0 radical (unpaired) electrons. The number of nitrogens with zero attached hydrogens (tertiary/aromatic N) is 4. The second-order valence-corrected chi connectivity index (χ2v) is 8.18. The molecule has 1 aromatic heterocycles. The highest BCUT2D eigenvalue weighted by atomic mass is 19.1. The molecule has 190 valence electrons. The molecular weight excluding hydrogens is 441 g/mol. The van der Waals surface area contributed by atoms with Gasteiger partial charge in [0.2, 0.25) is 12.0 Å². The number of ether oxygens (including phenoxy) is 3. The molecule has 0 aliphatic carbocycles. The van der Waals surface area contributed by atoms with E-state index in [-0.39, 0.29) is 23.0 Å². The Morgan fingerprint density at radius 2 is 1.50 bits per heavy atom. The van der Waals surface area contributed by atoms with Crippen molar-refractivity contribution in [2.24, 2.45) is 0 Å². The number of hydrogen-bond donors (Lipinski definition) is 1. The largest absolute Gasteiger partial charge is 0.496 e. The highest BCUT2D eigenvalue weighted by molar-refractivity contribution is 5.97. The molecule has 10 heteroatoms. The van der Waals surface area contributed by atoms with Crippen LogP contribution in [0.2, 0.25) is 0 Å². The number of carbonyl (C=O) groups excluding carboxylic acids is 1. The van der Waals surface area contributed by atoms with Crippen LogP contribution in [0.25, 0.3) is 0 Å². The molecule has 1 heterocycles. The van der Waals surface area contributed by atoms with E-state index in [0.717, 1.165) is 19.3 Å². The third-order valence-electron chi connectivity index (χ3n) is 5.60. The van der Waals surface area contributed by atoms with Crippen LogP contribution in [0.3, 0.4) is 0 Å². The number of carbonyl (C=O) groups is 1. The van der Waals surface area contributed by atoms with Crippen molar-refractivity contribution >= 4 is 11.6 Å².